The Bertz CT molecular complexity index is 1280. The molecule has 5 rings (SSSR count). The Morgan fingerprint density at radius 3 is 2.52 bits per heavy atom. The zero-order chi connectivity index (χ0) is 21.8. The molecule has 154 valence electrons. The van der Waals surface area contributed by atoms with E-state index in [9.17, 15) is 0 Å². The van der Waals surface area contributed by atoms with Gasteiger partial charge < -0.3 is 15.2 Å². The van der Waals surface area contributed by atoms with Gasteiger partial charge in [-0.3, -0.25) is 0 Å². The molecule has 0 radical (unpaired) electrons. The lowest BCUT2D eigenvalue weighted by molar-refractivity contribution is 0.360. The van der Waals surface area contributed by atoms with E-state index in [2.05, 4.69) is 57.3 Å². The number of allylic oxidation sites excluding steroid dienone is 2. The summed E-state index contributed by atoms with van der Waals surface area (Å²) in [5, 5.41) is 0. The van der Waals surface area contributed by atoms with Crippen LogP contribution in [-0.2, 0) is 5.41 Å². The number of rotatable bonds is 4. The van der Waals surface area contributed by atoms with E-state index in [1.54, 1.807) is 6.08 Å². The van der Waals surface area contributed by atoms with Gasteiger partial charge in [-0.15, -0.1) is 0 Å². The second-order valence-corrected chi connectivity index (χ2v) is 8.50. The number of fused-ring (bicyclic) bond motifs is 6. The molecule has 1 aliphatic heterocycles. The van der Waals surface area contributed by atoms with Crippen LogP contribution in [0.3, 0.4) is 0 Å². The normalized spacial score (nSPS) is 15.0. The molecular weight excluding hydrogens is 382 g/mol. The average Bonchev–Trinajstić information content (AvgIpc) is 3.03. The molecule has 0 aromatic heterocycles. The van der Waals surface area contributed by atoms with E-state index in [1.165, 1.54) is 16.7 Å². The summed E-state index contributed by atoms with van der Waals surface area (Å²) < 4.78 is 12.7. The molecule has 0 bridgehead atoms. The fourth-order valence-corrected chi connectivity index (χ4v) is 4.53. The molecule has 0 spiro atoms. The van der Waals surface area contributed by atoms with E-state index < -0.39 is 0 Å². The Balaban J connectivity index is 1.56. The van der Waals surface area contributed by atoms with Gasteiger partial charge in [0.2, 0.25) is 0 Å². The van der Waals surface area contributed by atoms with Gasteiger partial charge in [0, 0.05) is 17.5 Å². The highest BCUT2D eigenvalue weighted by Gasteiger charge is 2.39. The molecule has 0 saturated carbocycles. The highest BCUT2D eigenvalue weighted by molar-refractivity contribution is 5.88. The molecule has 0 unspecified atom stereocenters. The summed E-state index contributed by atoms with van der Waals surface area (Å²) in [6.07, 6.45) is 3.69. The van der Waals surface area contributed by atoms with Gasteiger partial charge in [-0.1, -0.05) is 75.6 Å². The van der Waals surface area contributed by atoms with Gasteiger partial charge in [-0.25, -0.2) is 0 Å². The van der Waals surface area contributed by atoms with Crippen LogP contribution in [0.4, 0.5) is 0 Å². The standard InChI is InChI=1S/C28H25NO2/c1-5-18(16-29)14-17(2)19-10-12-23-25(15-19)30-24-13-11-22-26(27(24)31-23)20-8-6-7-9-21(20)28(22,3)4/h5-15H,1-2,16,29H2,3-4H3/b18-14+. The second-order valence-electron chi connectivity index (χ2n) is 8.50. The zero-order valence-corrected chi connectivity index (χ0v) is 17.9. The lowest BCUT2D eigenvalue weighted by atomic mass is 9.82. The monoisotopic (exact) mass is 407 g/mol. The average molecular weight is 408 g/mol. The van der Waals surface area contributed by atoms with Crippen LogP contribution in [0.1, 0.15) is 30.5 Å². The summed E-state index contributed by atoms with van der Waals surface area (Å²) in [4.78, 5) is 0. The fraction of sp³-hybridized carbons (Fsp3) is 0.143. The molecule has 2 N–H and O–H groups in total. The van der Waals surface area contributed by atoms with Crippen molar-refractivity contribution in [2.45, 2.75) is 19.3 Å². The summed E-state index contributed by atoms with van der Waals surface area (Å²) in [5.41, 5.74) is 13.3. The summed E-state index contributed by atoms with van der Waals surface area (Å²) >= 11 is 0. The molecule has 0 atom stereocenters. The summed E-state index contributed by atoms with van der Waals surface area (Å²) in [7, 11) is 0. The minimum atomic E-state index is -0.0790. The first-order chi connectivity index (χ1) is 14.9. The van der Waals surface area contributed by atoms with Crippen molar-refractivity contribution < 1.29 is 9.47 Å². The smallest absolute Gasteiger partial charge is 0.178 e. The van der Waals surface area contributed by atoms with Crippen molar-refractivity contribution in [2.24, 2.45) is 5.73 Å². The minimum absolute atomic E-state index is 0.0790. The molecule has 0 fully saturated rings. The van der Waals surface area contributed by atoms with Crippen molar-refractivity contribution in [3.8, 4) is 34.1 Å². The number of nitrogens with two attached hydrogens (primary N) is 1. The lowest BCUT2D eigenvalue weighted by Gasteiger charge is -2.25. The minimum Gasteiger partial charge on any atom is -0.449 e. The van der Waals surface area contributed by atoms with Crippen LogP contribution < -0.4 is 15.2 Å². The van der Waals surface area contributed by atoms with Crippen molar-refractivity contribution >= 4 is 5.57 Å². The fourth-order valence-electron chi connectivity index (χ4n) is 4.53. The van der Waals surface area contributed by atoms with E-state index in [0.29, 0.717) is 18.0 Å². The van der Waals surface area contributed by atoms with Crippen molar-refractivity contribution in [2.75, 3.05) is 6.54 Å². The van der Waals surface area contributed by atoms with Crippen LogP contribution in [0, 0.1) is 0 Å². The van der Waals surface area contributed by atoms with E-state index in [0.717, 1.165) is 33.8 Å². The number of hydrogen-bond donors (Lipinski definition) is 1. The van der Waals surface area contributed by atoms with Gasteiger partial charge in [0.1, 0.15) is 0 Å². The van der Waals surface area contributed by atoms with Crippen LogP contribution >= 0.6 is 0 Å². The lowest BCUT2D eigenvalue weighted by Crippen LogP contribution is -2.15. The summed E-state index contributed by atoms with van der Waals surface area (Å²) in [5.74, 6) is 2.89. The van der Waals surface area contributed by atoms with Crippen molar-refractivity contribution in [1.29, 1.82) is 0 Å². The van der Waals surface area contributed by atoms with Crippen molar-refractivity contribution in [3.63, 3.8) is 0 Å². The van der Waals surface area contributed by atoms with Gasteiger partial charge in [0.25, 0.3) is 0 Å². The van der Waals surface area contributed by atoms with Crippen molar-refractivity contribution in [3.05, 3.63) is 102 Å². The Morgan fingerprint density at radius 2 is 1.74 bits per heavy atom. The SMILES string of the molecule is C=C/C(=C\C(=C)c1ccc2c(c1)Oc1ccc3c(c1O2)-c1ccccc1C3(C)C)CN. The third-order valence-electron chi connectivity index (χ3n) is 6.27. The number of ether oxygens (including phenoxy) is 2. The Labute approximate surface area is 183 Å². The Hall–Kier alpha value is -3.56. The van der Waals surface area contributed by atoms with Gasteiger partial charge in [0.15, 0.2) is 23.0 Å². The molecule has 1 heterocycles. The maximum atomic E-state index is 6.42. The molecule has 3 heteroatoms. The maximum absolute atomic E-state index is 6.42. The van der Waals surface area contributed by atoms with Gasteiger partial charge in [-0.05, 0) is 51.6 Å². The molecule has 2 aliphatic rings. The Morgan fingerprint density at radius 1 is 0.968 bits per heavy atom. The van der Waals surface area contributed by atoms with E-state index in [4.69, 9.17) is 15.2 Å². The topological polar surface area (TPSA) is 44.5 Å². The van der Waals surface area contributed by atoms with E-state index >= 15 is 0 Å². The molecule has 1 aliphatic carbocycles. The first kappa shape index (κ1) is 19.4. The van der Waals surface area contributed by atoms with Gasteiger partial charge in [0.05, 0.1) is 0 Å². The molecule has 3 aromatic rings. The number of hydrogen-bond acceptors (Lipinski definition) is 3. The van der Waals surface area contributed by atoms with Crippen LogP contribution in [0.2, 0.25) is 0 Å². The molecule has 3 aromatic carbocycles. The van der Waals surface area contributed by atoms with Crippen LogP contribution in [0.25, 0.3) is 16.7 Å². The van der Waals surface area contributed by atoms with Gasteiger partial charge in [-0.2, -0.15) is 0 Å². The van der Waals surface area contributed by atoms with Crippen molar-refractivity contribution in [1.82, 2.24) is 0 Å². The van der Waals surface area contributed by atoms with Crippen LogP contribution in [-0.4, -0.2) is 6.54 Å². The maximum Gasteiger partial charge on any atom is 0.178 e. The largest absolute Gasteiger partial charge is 0.449 e. The van der Waals surface area contributed by atoms with Gasteiger partial charge >= 0.3 is 0 Å². The van der Waals surface area contributed by atoms with E-state index in [1.807, 2.05) is 30.3 Å². The summed E-state index contributed by atoms with van der Waals surface area (Å²) in [6, 6.07) is 18.6. The highest BCUT2D eigenvalue weighted by atomic mass is 16.6. The molecule has 0 saturated heterocycles. The quantitative estimate of drug-likeness (QED) is 0.371. The second kappa shape index (κ2) is 7.00. The van der Waals surface area contributed by atoms with Crippen LogP contribution in [0.15, 0.2) is 85.5 Å². The van der Waals surface area contributed by atoms with E-state index in [-0.39, 0.29) is 5.41 Å². The molecular formula is C28H25NO2. The first-order valence-corrected chi connectivity index (χ1v) is 10.4. The Kier molecular flexibility index (Phi) is 4.38. The molecule has 3 nitrogen and oxygen atoms in total. The number of benzene rings is 3. The zero-order valence-electron chi connectivity index (χ0n) is 17.9. The first-order valence-electron chi connectivity index (χ1n) is 10.4. The summed E-state index contributed by atoms with van der Waals surface area (Å²) in [6.45, 7) is 12.9. The third kappa shape index (κ3) is 2.93. The van der Waals surface area contributed by atoms with Crippen LogP contribution in [0.5, 0.6) is 23.0 Å². The predicted octanol–water partition coefficient (Wildman–Crippen LogP) is 6.98. The highest BCUT2D eigenvalue weighted by Crippen LogP contribution is 2.58. The molecule has 0 amide bonds. The third-order valence-corrected chi connectivity index (χ3v) is 6.27. The predicted molar refractivity (Wildman–Crippen MR) is 127 cm³/mol. The molecule has 31 heavy (non-hydrogen) atoms.